The topological polar surface area (TPSA) is 37.9 Å². The number of hydrogen-bond donors (Lipinski definition) is 1. The summed E-state index contributed by atoms with van der Waals surface area (Å²) in [6.07, 6.45) is -1.92. The number of rotatable bonds is 1. The third-order valence-electron chi connectivity index (χ3n) is 1.65. The second-order valence-electron chi connectivity index (χ2n) is 2.60. The Hall–Kier alpha value is -1.72. The Morgan fingerprint density at radius 3 is 2.79 bits per heavy atom. The van der Waals surface area contributed by atoms with Gasteiger partial charge in [0.15, 0.2) is 0 Å². The Balaban J connectivity index is 2.46. The Kier molecular flexibility index (Phi) is 1.83. The van der Waals surface area contributed by atoms with Crippen LogP contribution >= 0.6 is 0 Å². The number of pyridine rings is 1. The molecule has 3 nitrogen and oxygen atoms in total. The third kappa shape index (κ3) is 1.63. The van der Waals surface area contributed by atoms with E-state index >= 15 is 0 Å². The summed E-state index contributed by atoms with van der Waals surface area (Å²) < 4.78 is 39.6. The molecular weight excluding hydrogens is 197 g/mol. The van der Waals surface area contributed by atoms with E-state index in [9.17, 15) is 13.2 Å². The van der Waals surface area contributed by atoms with E-state index in [4.69, 9.17) is 0 Å². The van der Waals surface area contributed by atoms with Gasteiger partial charge in [0.05, 0.1) is 5.39 Å². The van der Waals surface area contributed by atoms with Crippen molar-refractivity contribution >= 4 is 11.0 Å². The van der Waals surface area contributed by atoms with Crippen LogP contribution in [0.4, 0.5) is 13.2 Å². The molecule has 2 rings (SSSR count). The van der Waals surface area contributed by atoms with E-state index in [0.29, 0.717) is 11.0 Å². The lowest BCUT2D eigenvalue weighted by molar-refractivity contribution is -0.274. The Morgan fingerprint density at radius 1 is 1.29 bits per heavy atom. The summed E-state index contributed by atoms with van der Waals surface area (Å²) >= 11 is 0. The molecule has 0 unspecified atom stereocenters. The highest BCUT2D eigenvalue weighted by Crippen LogP contribution is 2.28. The number of nitrogens with zero attached hydrogens (tertiary/aromatic N) is 1. The van der Waals surface area contributed by atoms with Crippen LogP contribution in [0.2, 0.25) is 0 Å². The third-order valence-corrected chi connectivity index (χ3v) is 1.65. The first-order valence-corrected chi connectivity index (χ1v) is 3.74. The average molecular weight is 202 g/mol. The van der Waals surface area contributed by atoms with Crippen LogP contribution in [0.1, 0.15) is 0 Å². The number of aromatic nitrogens is 2. The molecule has 0 saturated heterocycles. The highest BCUT2D eigenvalue weighted by molar-refractivity contribution is 5.82. The smallest absolute Gasteiger partial charge is 0.405 e. The quantitative estimate of drug-likeness (QED) is 0.771. The van der Waals surface area contributed by atoms with E-state index in [1.807, 2.05) is 0 Å². The number of halogens is 3. The first-order valence-electron chi connectivity index (χ1n) is 3.74. The van der Waals surface area contributed by atoms with Crippen molar-refractivity contribution in [2.24, 2.45) is 0 Å². The molecule has 0 aliphatic heterocycles. The normalized spacial score (nSPS) is 11.9. The maximum atomic E-state index is 11.9. The van der Waals surface area contributed by atoms with Crippen molar-refractivity contribution < 1.29 is 17.9 Å². The summed E-state index contributed by atoms with van der Waals surface area (Å²) in [4.78, 5) is 6.52. The first kappa shape index (κ1) is 8.86. The van der Waals surface area contributed by atoms with Crippen LogP contribution in [-0.4, -0.2) is 16.3 Å². The molecule has 0 radical (unpaired) electrons. The van der Waals surface area contributed by atoms with Gasteiger partial charge in [-0.2, -0.15) is 0 Å². The maximum absolute atomic E-state index is 11.9. The highest BCUT2D eigenvalue weighted by Gasteiger charge is 2.31. The van der Waals surface area contributed by atoms with Gasteiger partial charge in [-0.1, -0.05) is 0 Å². The van der Waals surface area contributed by atoms with Gasteiger partial charge in [-0.25, -0.2) is 4.98 Å². The van der Waals surface area contributed by atoms with Gasteiger partial charge in [-0.3, -0.25) is 0 Å². The molecule has 74 valence electrons. The number of alkyl halides is 3. The van der Waals surface area contributed by atoms with Gasteiger partial charge < -0.3 is 9.72 Å². The molecule has 0 aliphatic carbocycles. The van der Waals surface area contributed by atoms with Crippen LogP contribution in [0, 0.1) is 0 Å². The van der Waals surface area contributed by atoms with Gasteiger partial charge in [0.2, 0.25) is 0 Å². The molecule has 0 atom stereocenters. The fraction of sp³-hybridized carbons (Fsp3) is 0.125. The Bertz CT molecular complexity index is 449. The molecule has 0 fully saturated rings. The molecule has 0 amide bonds. The minimum atomic E-state index is -4.68. The molecule has 6 heteroatoms. The summed E-state index contributed by atoms with van der Waals surface area (Å²) in [7, 11) is 0. The molecular formula is C8H5F3N2O. The van der Waals surface area contributed by atoms with E-state index < -0.39 is 6.36 Å². The van der Waals surface area contributed by atoms with Crippen molar-refractivity contribution in [1.29, 1.82) is 0 Å². The molecule has 0 aromatic carbocycles. The lowest BCUT2D eigenvalue weighted by Crippen LogP contribution is -2.17. The standard InChI is InChI=1S/C8H5F3N2O/c9-8(10,11)14-6-2-4-13-7-5(6)1-3-12-7/h1-4H,(H,12,13). The van der Waals surface area contributed by atoms with Crippen LogP contribution in [0.25, 0.3) is 11.0 Å². The zero-order chi connectivity index (χ0) is 10.2. The molecule has 0 saturated carbocycles. The SMILES string of the molecule is FC(F)(F)Oc1ccnc2[nH]ccc12. The van der Waals surface area contributed by atoms with Gasteiger partial charge in [0.1, 0.15) is 11.4 Å². The van der Waals surface area contributed by atoms with Crippen molar-refractivity contribution in [3.05, 3.63) is 24.5 Å². The summed E-state index contributed by atoms with van der Waals surface area (Å²) in [6.45, 7) is 0. The second-order valence-corrected chi connectivity index (χ2v) is 2.60. The second kappa shape index (κ2) is 2.90. The summed E-state index contributed by atoms with van der Waals surface area (Å²) in [6, 6.07) is 2.65. The van der Waals surface area contributed by atoms with Crippen molar-refractivity contribution in [2.75, 3.05) is 0 Å². The van der Waals surface area contributed by atoms with Crippen molar-refractivity contribution in [2.45, 2.75) is 6.36 Å². The zero-order valence-corrected chi connectivity index (χ0v) is 6.80. The Morgan fingerprint density at radius 2 is 2.07 bits per heavy atom. The van der Waals surface area contributed by atoms with E-state index in [-0.39, 0.29) is 5.75 Å². The Labute approximate surface area is 76.5 Å². The molecule has 0 bridgehead atoms. The summed E-state index contributed by atoms with van der Waals surface area (Å²) in [5, 5.41) is 0.310. The molecule has 2 aromatic rings. The van der Waals surface area contributed by atoms with Crippen LogP contribution in [0.15, 0.2) is 24.5 Å². The molecule has 1 N–H and O–H groups in total. The minimum Gasteiger partial charge on any atom is -0.405 e. The lowest BCUT2D eigenvalue weighted by Gasteiger charge is -2.08. The fourth-order valence-electron chi connectivity index (χ4n) is 1.15. The van der Waals surface area contributed by atoms with Gasteiger partial charge >= 0.3 is 6.36 Å². The highest BCUT2D eigenvalue weighted by atomic mass is 19.4. The largest absolute Gasteiger partial charge is 0.573 e. The van der Waals surface area contributed by atoms with Gasteiger partial charge in [0.25, 0.3) is 0 Å². The van der Waals surface area contributed by atoms with E-state index in [2.05, 4.69) is 14.7 Å². The minimum absolute atomic E-state index is 0.247. The average Bonchev–Trinajstić information content (AvgIpc) is 2.49. The predicted octanol–water partition coefficient (Wildman–Crippen LogP) is 2.46. The fourth-order valence-corrected chi connectivity index (χ4v) is 1.15. The van der Waals surface area contributed by atoms with Crippen molar-refractivity contribution in [3.63, 3.8) is 0 Å². The monoisotopic (exact) mass is 202 g/mol. The lowest BCUT2D eigenvalue weighted by atomic mass is 10.3. The zero-order valence-electron chi connectivity index (χ0n) is 6.80. The van der Waals surface area contributed by atoms with Gasteiger partial charge in [-0.05, 0) is 12.1 Å². The molecule has 14 heavy (non-hydrogen) atoms. The number of H-pyrrole nitrogens is 1. The number of aromatic amines is 1. The van der Waals surface area contributed by atoms with Gasteiger partial charge in [0, 0.05) is 12.4 Å². The van der Waals surface area contributed by atoms with Crippen LogP contribution in [-0.2, 0) is 0 Å². The number of hydrogen-bond acceptors (Lipinski definition) is 2. The number of ether oxygens (including phenoxy) is 1. The predicted molar refractivity (Wildman–Crippen MR) is 42.8 cm³/mol. The van der Waals surface area contributed by atoms with E-state index in [1.54, 1.807) is 0 Å². The van der Waals surface area contributed by atoms with Gasteiger partial charge in [-0.15, -0.1) is 13.2 Å². The van der Waals surface area contributed by atoms with Crippen LogP contribution < -0.4 is 4.74 Å². The summed E-state index contributed by atoms with van der Waals surface area (Å²) in [5.41, 5.74) is 0.367. The first-order chi connectivity index (χ1) is 6.56. The van der Waals surface area contributed by atoms with Crippen molar-refractivity contribution in [3.8, 4) is 5.75 Å². The molecule has 0 spiro atoms. The number of fused-ring (bicyclic) bond motifs is 1. The molecule has 0 aliphatic rings. The number of nitrogens with one attached hydrogen (secondary N) is 1. The van der Waals surface area contributed by atoms with E-state index in [1.165, 1.54) is 24.5 Å². The van der Waals surface area contributed by atoms with Crippen LogP contribution in [0.3, 0.4) is 0 Å². The summed E-state index contributed by atoms with van der Waals surface area (Å²) in [5.74, 6) is -0.247. The maximum Gasteiger partial charge on any atom is 0.573 e. The van der Waals surface area contributed by atoms with E-state index in [0.717, 1.165) is 0 Å². The molecule has 2 heterocycles. The molecule has 2 aromatic heterocycles. The van der Waals surface area contributed by atoms with Crippen molar-refractivity contribution in [1.82, 2.24) is 9.97 Å². The van der Waals surface area contributed by atoms with Crippen LogP contribution in [0.5, 0.6) is 5.75 Å².